The van der Waals surface area contributed by atoms with Crippen LogP contribution in [0.15, 0.2) is 63.8 Å². The van der Waals surface area contributed by atoms with Gasteiger partial charge in [-0.15, -0.1) is 0 Å². The summed E-state index contributed by atoms with van der Waals surface area (Å²) in [7, 11) is 0. The Morgan fingerprint density at radius 2 is 1.64 bits per heavy atom. The number of benzene rings is 2. The molecule has 0 saturated heterocycles. The van der Waals surface area contributed by atoms with E-state index in [4.69, 9.17) is 10.2 Å². The van der Waals surface area contributed by atoms with Gasteiger partial charge in [0.25, 0.3) is 0 Å². The van der Waals surface area contributed by atoms with Gasteiger partial charge in [-0.25, -0.2) is 14.8 Å². The zero-order valence-corrected chi connectivity index (χ0v) is 11.5. The Morgan fingerprint density at radius 3 is 2.45 bits per heavy atom. The highest BCUT2D eigenvalue weighted by Gasteiger charge is 2.14. The Kier molecular flexibility index (Phi) is 2.66. The van der Waals surface area contributed by atoms with E-state index in [9.17, 15) is 4.79 Å². The summed E-state index contributed by atoms with van der Waals surface area (Å²) >= 11 is 0. The largest absolute Gasteiger partial charge is 0.422 e. The average molecular weight is 289 g/mol. The van der Waals surface area contributed by atoms with Crippen LogP contribution in [0.3, 0.4) is 0 Å². The van der Waals surface area contributed by atoms with Gasteiger partial charge < -0.3 is 10.2 Å². The minimum Gasteiger partial charge on any atom is -0.422 e. The van der Waals surface area contributed by atoms with E-state index >= 15 is 0 Å². The van der Waals surface area contributed by atoms with Gasteiger partial charge in [-0.2, -0.15) is 0 Å². The summed E-state index contributed by atoms with van der Waals surface area (Å²) in [5.74, 6) is 0.615. The summed E-state index contributed by atoms with van der Waals surface area (Å²) in [5, 5.41) is 0.960. The van der Waals surface area contributed by atoms with Crippen LogP contribution in [-0.4, -0.2) is 9.97 Å². The molecule has 0 saturated carbocycles. The van der Waals surface area contributed by atoms with Crippen molar-refractivity contribution in [1.82, 2.24) is 9.97 Å². The van der Waals surface area contributed by atoms with Gasteiger partial charge in [0, 0.05) is 10.9 Å². The van der Waals surface area contributed by atoms with Gasteiger partial charge in [0.1, 0.15) is 16.8 Å². The Hall–Kier alpha value is -3.21. The zero-order valence-electron chi connectivity index (χ0n) is 11.5. The normalized spacial score (nSPS) is 11.1. The number of nitrogens with two attached hydrogens (primary N) is 1. The highest BCUT2D eigenvalue weighted by molar-refractivity contribution is 6.05. The number of anilines is 1. The van der Waals surface area contributed by atoms with Crippen molar-refractivity contribution in [2.45, 2.75) is 0 Å². The maximum Gasteiger partial charge on any atom is 0.349 e. The molecule has 22 heavy (non-hydrogen) atoms. The van der Waals surface area contributed by atoms with Crippen LogP contribution in [0.5, 0.6) is 0 Å². The van der Waals surface area contributed by atoms with Crippen molar-refractivity contribution in [2.75, 3.05) is 5.73 Å². The molecule has 0 spiro atoms. The lowest BCUT2D eigenvalue weighted by Gasteiger charge is -2.06. The number of para-hydroxylation sites is 1. The smallest absolute Gasteiger partial charge is 0.349 e. The van der Waals surface area contributed by atoms with Gasteiger partial charge in [0.15, 0.2) is 5.82 Å². The van der Waals surface area contributed by atoms with Crippen LogP contribution in [0.1, 0.15) is 0 Å². The van der Waals surface area contributed by atoms with Crippen molar-refractivity contribution in [3.8, 4) is 11.4 Å². The molecule has 2 N–H and O–H groups in total. The van der Waals surface area contributed by atoms with Crippen LogP contribution in [0, 0.1) is 0 Å². The molecule has 0 aliphatic heterocycles. The van der Waals surface area contributed by atoms with Crippen LogP contribution < -0.4 is 11.4 Å². The van der Waals surface area contributed by atoms with Crippen molar-refractivity contribution in [2.24, 2.45) is 0 Å². The summed E-state index contributed by atoms with van der Waals surface area (Å²) in [6.45, 7) is 0. The van der Waals surface area contributed by atoms with Gasteiger partial charge in [0.2, 0.25) is 0 Å². The summed E-state index contributed by atoms with van der Waals surface area (Å²) in [6, 6.07) is 16.8. The second-order valence-corrected chi connectivity index (χ2v) is 4.91. The van der Waals surface area contributed by atoms with Crippen LogP contribution in [0.2, 0.25) is 0 Å². The first kappa shape index (κ1) is 12.5. The molecule has 0 radical (unpaired) electrons. The molecule has 0 bridgehead atoms. The predicted octanol–water partition coefficient (Wildman–Crippen LogP) is 2.99. The monoisotopic (exact) mass is 289 g/mol. The summed E-state index contributed by atoms with van der Waals surface area (Å²) < 4.78 is 5.29. The molecule has 4 aromatic rings. The summed E-state index contributed by atoms with van der Waals surface area (Å²) in [6.07, 6.45) is 0. The topological polar surface area (TPSA) is 82.0 Å². The molecule has 106 valence electrons. The van der Waals surface area contributed by atoms with E-state index in [0.29, 0.717) is 16.9 Å². The van der Waals surface area contributed by atoms with Gasteiger partial charge in [-0.1, -0.05) is 42.5 Å². The first-order chi connectivity index (χ1) is 10.7. The van der Waals surface area contributed by atoms with E-state index in [1.165, 1.54) is 0 Å². The maximum atomic E-state index is 12.1. The molecule has 0 unspecified atom stereocenters. The minimum absolute atomic E-state index is 0.128. The fourth-order valence-electron chi connectivity index (χ4n) is 2.49. The van der Waals surface area contributed by atoms with Crippen LogP contribution in [0.4, 0.5) is 5.82 Å². The molecule has 5 heteroatoms. The number of nitrogen functional groups attached to an aromatic ring is 1. The van der Waals surface area contributed by atoms with Gasteiger partial charge in [-0.3, -0.25) is 0 Å². The van der Waals surface area contributed by atoms with E-state index in [2.05, 4.69) is 9.97 Å². The number of hydrogen-bond donors (Lipinski definition) is 1. The van der Waals surface area contributed by atoms with Crippen molar-refractivity contribution in [1.29, 1.82) is 0 Å². The van der Waals surface area contributed by atoms with E-state index in [1.54, 1.807) is 12.1 Å². The van der Waals surface area contributed by atoms with Crippen LogP contribution in [0.25, 0.3) is 33.3 Å². The molecule has 2 heterocycles. The fourth-order valence-corrected chi connectivity index (χ4v) is 2.49. The molecule has 5 nitrogen and oxygen atoms in total. The molecule has 2 aromatic heterocycles. The van der Waals surface area contributed by atoms with E-state index in [0.717, 1.165) is 10.9 Å². The van der Waals surface area contributed by atoms with E-state index < -0.39 is 5.63 Å². The molecule has 0 amide bonds. The van der Waals surface area contributed by atoms with Crippen molar-refractivity contribution in [3.05, 3.63) is 65.0 Å². The molecule has 0 atom stereocenters. The number of fused-ring (bicyclic) bond motifs is 3. The highest BCUT2D eigenvalue weighted by atomic mass is 16.4. The quantitative estimate of drug-likeness (QED) is 0.430. The minimum atomic E-state index is -0.522. The number of nitrogens with zero attached hydrogens (tertiary/aromatic N) is 2. The predicted molar refractivity (Wildman–Crippen MR) is 85.4 cm³/mol. The summed E-state index contributed by atoms with van der Waals surface area (Å²) in [4.78, 5) is 20.9. The highest BCUT2D eigenvalue weighted by Crippen LogP contribution is 2.26. The molecule has 0 aliphatic rings. The zero-order chi connectivity index (χ0) is 15.1. The third-order valence-electron chi connectivity index (χ3n) is 3.52. The van der Waals surface area contributed by atoms with Crippen molar-refractivity contribution < 1.29 is 4.42 Å². The lowest BCUT2D eigenvalue weighted by Crippen LogP contribution is -2.07. The second kappa shape index (κ2) is 4.66. The van der Waals surface area contributed by atoms with Gasteiger partial charge >= 0.3 is 5.63 Å². The number of aromatic nitrogens is 2. The Bertz CT molecular complexity index is 1060. The first-order valence-corrected chi connectivity index (χ1v) is 6.78. The first-order valence-electron chi connectivity index (χ1n) is 6.78. The third-order valence-corrected chi connectivity index (χ3v) is 3.52. The van der Waals surface area contributed by atoms with Crippen molar-refractivity contribution >= 4 is 27.7 Å². The van der Waals surface area contributed by atoms with E-state index in [-0.39, 0.29) is 11.2 Å². The average Bonchev–Trinajstić information content (AvgIpc) is 2.55. The molecular formula is C17H11N3O2. The molecule has 0 aliphatic carbocycles. The fraction of sp³-hybridized carbons (Fsp3) is 0. The van der Waals surface area contributed by atoms with Crippen LogP contribution in [-0.2, 0) is 0 Å². The number of rotatable bonds is 1. The third kappa shape index (κ3) is 1.83. The molecular weight excluding hydrogens is 278 g/mol. The second-order valence-electron chi connectivity index (χ2n) is 4.91. The van der Waals surface area contributed by atoms with Gasteiger partial charge in [-0.05, 0) is 12.1 Å². The lowest BCUT2D eigenvalue weighted by atomic mass is 10.1. The van der Waals surface area contributed by atoms with E-state index in [1.807, 2.05) is 42.5 Å². The van der Waals surface area contributed by atoms with Gasteiger partial charge in [0.05, 0.1) is 5.52 Å². The molecule has 0 fully saturated rings. The Labute approximate surface area is 125 Å². The summed E-state index contributed by atoms with van der Waals surface area (Å²) in [5.41, 5.74) is 7.29. The SMILES string of the molecule is Nc1nc(-c2ccccc2)nc2c1c(=O)oc1ccccc12. The molecule has 2 aromatic carbocycles. The standard InChI is InChI=1S/C17H11N3O2/c18-15-13-14(11-8-4-5-9-12(11)22-17(13)21)19-16(20-15)10-6-2-1-3-7-10/h1-9H,(H2,18,19,20). The van der Waals surface area contributed by atoms with Crippen LogP contribution >= 0.6 is 0 Å². The maximum absolute atomic E-state index is 12.1. The Balaban J connectivity index is 2.17. The number of hydrogen-bond acceptors (Lipinski definition) is 5. The lowest BCUT2D eigenvalue weighted by molar-refractivity contribution is 0.569. The van der Waals surface area contributed by atoms with Crippen molar-refractivity contribution in [3.63, 3.8) is 0 Å². The molecule has 4 rings (SSSR count). The Morgan fingerprint density at radius 1 is 0.909 bits per heavy atom.